The SMILES string of the molecule is C=C1C(=O)O[C@@H]2/C=C(\C)CC/C=C(\C=O)[C@H](OC(=O)C(C)(C)O)[C@@H](OC(=O)C(C)C)[C@@H]12. The lowest BCUT2D eigenvalue weighted by molar-refractivity contribution is -0.181. The first kappa shape index (κ1) is 24.5. The molecule has 4 atom stereocenters. The summed E-state index contributed by atoms with van der Waals surface area (Å²) in [5, 5.41) is 10.1. The van der Waals surface area contributed by atoms with Crippen molar-refractivity contribution in [3.8, 4) is 0 Å². The second-order valence-corrected chi connectivity index (χ2v) is 8.74. The number of aldehydes is 1. The van der Waals surface area contributed by atoms with Crippen molar-refractivity contribution in [1.29, 1.82) is 0 Å². The molecular weight excluding hydrogens is 404 g/mol. The van der Waals surface area contributed by atoms with Gasteiger partial charge in [0.2, 0.25) is 0 Å². The molecule has 1 fully saturated rings. The fourth-order valence-electron chi connectivity index (χ4n) is 3.37. The van der Waals surface area contributed by atoms with Gasteiger partial charge in [-0.3, -0.25) is 9.59 Å². The molecule has 0 unspecified atom stereocenters. The lowest BCUT2D eigenvalue weighted by Gasteiger charge is -2.34. The maximum Gasteiger partial charge on any atom is 0.338 e. The molecule has 0 aromatic carbocycles. The van der Waals surface area contributed by atoms with Gasteiger partial charge >= 0.3 is 17.9 Å². The van der Waals surface area contributed by atoms with Crippen LogP contribution >= 0.6 is 0 Å². The van der Waals surface area contributed by atoms with E-state index in [1.54, 1.807) is 26.0 Å². The summed E-state index contributed by atoms with van der Waals surface area (Å²) < 4.78 is 16.6. The maximum atomic E-state index is 12.5. The summed E-state index contributed by atoms with van der Waals surface area (Å²) in [7, 11) is 0. The van der Waals surface area contributed by atoms with Crippen molar-refractivity contribution in [2.75, 3.05) is 0 Å². The number of fused-ring (bicyclic) bond motifs is 1. The molecule has 2 rings (SSSR count). The molecule has 1 aliphatic heterocycles. The minimum atomic E-state index is -1.86. The topological polar surface area (TPSA) is 116 Å². The summed E-state index contributed by atoms with van der Waals surface area (Å²) in [4.78, 5) is 49.3. The van der Waals surface area contributed by atoms with Gasteiger partial charge in [0.25, 0.3) is 0 Å². The first-order chi connectivity index (χ1) is 14.4. The van der Waals surface area contributed by atoms with E-state index in [9.17, 15) is 24.3 Å². The van der Waals surface area contributed by atoms with Gasteiger partial charge in [0.1, 0.15) is 12.4 Å². The highest BCUT2D eigenvalue weighted by atomic mass is 16.6. The fourth-order valence-corrected chi connectivity index (χ4v) is 3.37. The number of rotatable bonds is 5. The van der Waals surface area contributed by atoms with Gasteiger partial charge in [0, 0.05) is 11.1 Å². The summed E-state index contributed by atoms with van der Waals surface area (Å²) >= 11 is 0. The first-order valence-corrected chi connectivity index (χ1v) is 10.2. The summed E-state index contributed by atoms with van der Waals surface area (Å²) in [6.45, 7) is 11.4. The van der Waals surface area contributed by atoms with E-state index in [4.69, 9.17) is 14.2 Å². The van der Waals surface area contributed by atoms with E-state index in [1.165, 1.54) is 13.8 Å². The molecule has 0 bridgehead atoms. The van der Waals surface area contributed by atoms with Gasteiger partial charge in [-0.2, -0.15) is 0 Å². The number of hydrogen-bond acceptors (Lipinski definition) is 8. The average molecular weight is 434 g/mol. The molecule has 0 radical (unpaired) electrons. The summed E-state index contributed by atoms with van der Waals surface area (Å²) in [5.41, 5.74) is -0.824. The lowest BCUT2D eigenvalue weighted by Crippen LogP contribution is -2.48. The van der Waals surface area contributed by atoms with Crippen molar-refractivity contribution in [3.63, 3.8) is 0 Å². The zero-order valence-electron chi connectivity index (χ0n) is 18.5. The third-order valence-corrected chi connectivity index (χ3v) is 5.20. The third kappa shape index (κ3) is 5.70. The van der Waals surface area contributed by atoms with Crippen LogP contribution in [-0.4, -0.2) is 53.2 Å². The van der Waals surface area contributed by atoms with Gasteiger partial charge in [-0.05, 0) is 39.7 Å². The minimum Gasteiger partial charge on any atom is -0.457 e. The number of hydrogen-bond donors (Lipinski definition) is 1. The van der Waals surface area contributed by atoms with Crippen LogP contribution in [0.3, 0.4) is 0 Å². The molecule has 31 heavy (non-hydrogen) atoms. The molecule has 0 aromatic rings. The van der Waals surface area contributed by atoms with Gasteiger partial charge in [-0.15, -0.1) is 0 Å². The molecule has 0 saturated carbocycles. The van der Waals surface area contributed by atoms with Gasteiger partial charge in [-0.1, -0.05) is 32.1 Å². The Kier molecular flexibility index (Phi) is 7.59. The number of aliphatic hydroxyl groups is 1. The highest BCUT2D eigenvalue weighted by Gasteiger charge is 2.50. The number of carbonyl (C=O) groups is 4. The standard InChI is InChI=1S/C23H30O8/c1-12(2)20(25)30-19-17-14(4)21(26)29-16(17)10-13(3)8-7-9-15(11-24)18(19)31-22(27)23(5,6)28/h9-12,16-19,28H,4,7-8H2,1-3,5-6H3/b13-10+,15-9+/t16-,17+,18+,19+/m1/s1. The summed E-state index contributed by atoms with van der Waals surface area (Å²) in [6, 6.07) is 0. The quantitative estimate of drug-likeness (QED) is 0.230. The van der Waals surface area contributed by atoms with Gasteiger partial charge in [0.15, 0.2) is 17.8 Å². The monoisotopic (exact) mass is 434 g/mol. The average Bonchev–Trinajstić information content (AvgIpc) is 2.93. The van der Waals surface area contributed by atoms with Crippen LogP contribution in [-0.2, 0) is 33.4 Å². The fraction of sp³-hybridized carbons (Fsp3) is 0.565. The van der Waals surface area contributed by atoms with Crippen molar-refractivity contribution in [1.82, 2.24) is 0 Å². The van der Waals surface area contributed by atoms with E-state index >= 15 is 0 Å². The third-order valence-electron chi connectivity index (χ3n) is 5.20. The normalized spacial score (nSPS) is 30.3. The number of carbonyl (C=O) groups excluding carboxylic acids is 4. The number of allylic oxidation sites excluding steroid dienone is 2. The van der Waals surface area contributed by atoms with Crippen molar-refractivity contribution in [2.24, 2.45) is 11.8 Å². The molecule has 2 aliphatic rings. The van der Waals surface area contributed by atoms with E-state index in [2.05, 4.69) is 6.58 Å². The molecular formula is C23H30O8. The second kappa shape index (κ2) is 9.60. The van der Waals surface area contributed by atoms with Crippen molar-refractivity contribution in [3.05, 3.63) is 35.5 Å². The number of ether oxygens (including phenoxy) is 3. The molecule has 1 heterocycles. The molecule has 0 spiro atoms. The zero-order chi connectivity index (χ0) is 23.5. The van der Waals surface area contributed by atoms with Gasteiger partial charge in [0.05, 0.1) is 11.8 Å². The Bertz CT molecular complexity index is 827. The van der Waals surface area contributed by atoms with Crippen LogP contribution in [0.5, 0.6) is 0 Å². The highest BCUT2D eigenvalue weighted by molar-refractivity contribution is 5.91. The predicted octanol–water partition coefficient (Wildman–Crippen LogP) is 2.20. The highest BCUT2D eigenvalue weighted by Crippen LogP contribution is 2.37. The lowest BCUT2D eigenvalue weighted by atomic mass is 9.83. The summed E-state index contributed by atoms with van der Waals surface area (Å²) in [5.74, 6) is -3.68. The largest absolute Gasteiger partial charge is 0.457 e. The van der Waals surface area contributed by atoms with Crippen LogP contribution in [0.25, 0.3) is 0 Å². The maximum absolute atomic E-state index is 12.5. The molecule has 0 aromatic heterocycles. The van der Waals surface area contributed by atoms with Crippen LogP contribution in [0.15, 0.2) is 35.5 Å². The molecule has 0 amide bonds. The zero-order valence-corrected chi connectivity index (χ0v) is 18.5. The van der Waals surface area contributed by atoms with E-state index in [1.807, 2.05) is 6.92 Å². The predicted molar refractivity (Wildman–Crippen MR) is 111 cm³/mol. The van der Waals surface area contributed by atoms with Crippen LogP contribution in [0.1, 0.15) is 47.5 Å². The van der Waals surface area contributed by atoms with Gasteiger partial charge < -0.3 is 19.3 Å². The van der Waals surface area contributed by atoms with E-state index in [0.717, 1.165) is 5.57 Å². The molecule has 8 nitrogen and oxygen atoms in total. The molecule has 1 N–H and O–H groups in total. The molecule has 1 saturated heterocycles. The smallest absolute Gasteiger partial charge is 0.338 e. The molecule has 1 aliphatic carbocycles. The van der Waals surface area contributed by atoms with E-state index < -0.39 is 53.7 Å². The molecule has 170 valence electrons. The molecule has 8 heteroatoms. The second-order valence-electron chi connectivity index (χ2n) is 8.74. The van der Waals surface area contributed by atoms with Crippen LogP contribution < -0.4 is 0 Å². The van der Waals surface area contributed by atoms with Gasteiger partial charge in [-0.25, -0.2) is 9.59 Å². The first-order valence-electron chi connectivity index (χ1n) is 10.2. The van der Waals surface area contributed by atoms with Crippen LogP contribution in [0.2, 0.25) is 0 Å². The Hall–Kier alpha value is -2.74. The Morgan fingerprint density at radius 1 is 1.32 bits per heavy atom. The Labute approximate surface area is 181 Å². The van der Waals surface area contributed by atoms with Crippen LogP contribution in [0, 0.1) is 11.8 Å². The van der Waals surface area contributed by atoms with Crippen molar-refractivity contribution < 1.29 is 38.5 Å². The van der Waals surface area contributed by atoms with Crippen molar-refractivity contribution in [2.45, 2.75) is 71.4 Å². The minimum absolute atomic E-state index is 0.0470. The Morgan fingerprint density at radius 3 is 2.52 bits per heavy atom. The number of esters is 3. The Morgan fingerprint density at radius 2 is 1.97 bits per heavy atom. The summed E-state index contributed by atoms with van der Waals surface area (Å²) in [6.07, 6.45) is 1.48. The Balaban J connectivity index is 2.65. The van der Waals surface area contributed by atoms with Crippen LogP contribution in [0.4, 0.5) is 0 Å². The van der Waals surface area contributed by atoms with E-state index in [0.29, 0.717) is 19.1 Å². The van der Waals surface area contributed by atoms with Crippen molar-refractivity contribution >= 4 is 24.2 Å². The van der Waals surface area contributed by atoms with E-state index in [-0.39, 0.29) is 11.1 Å².